The Hall–Kier alpha value is -0.850. The van der Waals surface area contributed by atoms with Crippen LogP contribution < -0.4 is 5.32 Å². The van der Waals surface area contributed by atoms with Crippen LogP contribution in [0.3, 0.4) is 0 Å². The van der Waals surface area contributed by atoms with Crippen LogP contribution in [0.4, 0.5) is 0 Å². The second kappa shape index (κ2) is 6.95. The minimum Gasteiger partial charge on any atom is -0.481 e. The van der Waals surface area contributed by atoms with Crippen LogP contribution in [0.25, 0.3) is 0 Å². The fraction of sp³-hybridized carbons (Fsp3) is 0.562. The monoisotopic (exact) mass is 358 g/mol. The number of rotatable bonds is 3. The van der Waals surface area contributed by atoms with Crippen molar-refractivity contribution in [2.75, 3.05) is 33.3 Å². The Bertz CT molecular complexity index is 599. The van der Waals surface area contributed by atoms with E-state index in [2.05, 4.69) is 10.2 Å². The Balaban J connectivity index is 1.91. The first-order valence-electron chi connectivity index (χ1n) is 7.69. The highest BCUT2D eigenvalue weighted by Crippen LogP contribution is 2.40. The van der Waals surface area contributed by atoms with Crippen LogP contribution in [0.15, 0.2) is 18.2 Å². The topological polar surface area (TPSA) is 61.8 Å². The summed E-state index contributed by atoms with van der Waals surface area (Å²) in [5, 5.41) is 13.8. The van der Waals surface area contributed by atoms with Gasteiger partial charge in [0.05, 0.1) is 28.7 Å². The van der Waals surface area contributed by atoms with Crippen molar-refractivity contribution in [1.29, 1.82) is 0 Å². The highest BCUT2D eigenvalue weighted by atomic mass is 35.5. The Morgan fingerprint density at radius 2 is 2.17 bits per heavy atom. The maximum atomic E-state index is 11.5. The molecule has 4 atom stereocenters. The number of halogens is 2. The molecule has 0 aromatic heterocycles. The van der Waals surface area contributed by atoms with E-state index >= 15 is 0 Å². The highest BCUT2D eigenvalue weighted by molar-refractivity contribution is 6.42. The Morgan fingerprint density at radius 1 is 1.39 bits per heavy atom. The van der Waals surface area contributed by atoms with E-state index < -0.39 is 5.97 Å². The molecule has 5 nitrogen and oxygen atoms in total. The number of aliphatic carboxylic acids is 1. The SMILES string of the molecule is CN1CC(C(=O)O)C1C1CNCCOC1c1ccc(Cl)c(Cl)c1. The summed E-state index contributed by atoms with van der Waals surface area (Å²) >= 11 is 12.2. The third kappa shape index (κ3) is 3.35. The zero-order chi connectivity index (χ0) is 16.6. The molecule has 0 spiro atoms. The van der Waals surface area contributed by atoms with Gasteiger partial charge in [-0.3, -0.25) is 4.79 Å². The number of ether oxygens (including phenoxy) is 1. The van der Waals surface area contributed by atoms with Crippen LogP contribution >= 0.6 is 23.2 Å². The first kappa shape index (κ1) is 17.0. The number of likely N-dealkylation sites (tertiary alicyclic amines) is 1. The quantitative estimate of drug-likeness (QED) is 0.867. The van der Waals surface area contributed by atoms with Gasteiger partial charge in [0.2, 0.25) is 0 Å². The van der Waals surface area contributed by atoms with Gasteiger partial charge in [-0.2, -0.15) is 0 Å². The van der Waals surface area contributed by atoms with Gasteiger partial charge in [0, 0.05) is 31.6 Å². The maximum absolute atomic E-state index is 11.5. The van der Waals surface area contributed by atoms with Crippen LogP contribution in [-0.2, 0) is 9.53 Å². The van der Waals surface area contributed by atoms with Gasteiger partial charge in [-0.25, -0.2) is 0 Å². The van der Waals surface area contributed by atoms with Crippen molar-refractivity contribution >= 4 is 29.2 Å². The molecule has 2 fully saturated rings. The third-order valence-corrected chi connectivity index (χ3v) is 5.52. The minimum absolute atomic E-state index is 0.0367. The third-order valence-electron chi connectivity index (χ3n) is 4.78. The van der Waals surface area contributed by atoms with Crippen LogP contribution in [0.1, 0.15) is 11.7 Å². The van der Waals surface area contributed by atoms with E-state index in [1.54, 1.807) is 6.07 Å². The van der Waals surface area contributed by atoms with E-state index in [-0.39, 0.29) is 24.0 Å². The van der Waals surface area contributed by atoms with Crippen LogP contribution in [0, 0.1) is 11.8 Å². The summed E-state index contributed by atoms with van der Waals surface area (Å²) in [5.74, 6) is -1.07. The molecule has 2 N–H and O–H groups in total. The summed E-state index contributed by atoms with van der Waals surface area (Å²) in [6.45, 7) is 2.62. The second-order valence-corrected chi connectivity index (χ2v) is 7.02. The summed E-state index contributed by atoms with van der Waals surface area (Å²) in [4.78, 5) is 13.6. The largest absolute Gasteiger partial charge is 0.481 e. The fourth-order valence-electron chi connectivity index (χ4n) is 3.65. The first-order chi connectivity index (χ1) is 11.0. The molecule has 0 saturated carbocycles. The van der Waals surface area contributed by atoms with Crippen LogP contribution in [0.2, 0.25) is 10.0 Å². The molecule has 4 unspecified atom stereocenters. The first-order valence-corrected chi connectivity index (χ1v) is 8.45. The number of hydrogen-bond acceptors (Lipinski definition) is 4. The van der Waals surface area contributed by atoms with Crippen molar-refractivity contribution in [3.63, 3.8) is 0 Å². The lowest BCUT2D eigenvalue weighted by molar-refractivity contribution is -0.156. The standard InChI is InChI=1S/C16H20Cl2N2O3/c1-20-8-11(16(21)22)14(20)10-7-19-4-5-23-15(10)9-2-3-12(17)13(18)6-9/h2-3,6,10-11,14-15,19H,4-5,7-8H2,1H3,(H,21,22). The molecule has 0 radical (unpaired) electrons. The number of carboxylic acid groups (broad SMARTS) is 1. The predicted molar refractivity (Wildman–Crippen MR) is 89.1 cm³/mol. The molecule has 126 valence electrons. The molecule has 2 heterocycles. The van der Waals surface area contributed by atoms with Crippen LogP contribution in [-0.4, -0.2) is 55.3 Å². The van der Waals surface area contributed by atoms with Gasteiger partial charge in [-0.15, -0.1) is 0 Å². The van der Waals surface area contributed by atoms with Crippen LogP contribution in [0.5, 0.6) is 0 Å². The molecular weight excluding hydrogens is 339 g/mol. The Morgan fingerprint density at radius 3 is 2.83 bits per heavy atom. The van der Waals surface area contributed by atoms with Crippen molar-refractivity contribution < 1.29 is 14.6 Å². The molecule has 2 aliphatic rings. The van der Waals surface area contributed by atoms with Crippen molar-refractivity contribution in [3.05, 3.63) is 33.8 Å². The van der Waals surface area contributed by atoms with Gasteiger partial charge in [-0.1, -0.05) is 29.3 Å². The lowest BCUT2D eigenvalue weighted by atomic mass is 9.76. The number of nitrogens with one attached hydrogen (secondary N) is 1. The summed E-state index contributed by atoms with van der Waals surface area (Å²) in [5.41, 5.74) is 0.942. The Kier molecular flexibility index (Phi) is 5.13. The molecule has 2 saturated heterocycles. The number of hydrogen-bond donors (Lipinski definition) is 2. The lowest BCUT2D eigenvalue weighted by Gasteiger charge is -2.49. The van der Waals surface area contributed by atoms with Gasteiger partial charge in [0.1, 0.15) is 0 Å². The summed E-state index contributed by atoms with van der Waals surface area (Å²) in [7, 11) is 1.96. The zero-order valence-electron chi connectivity index (χ0n) is 12.8. The number of carboxylic acids is 1. The van der Waals surface area contributed by atoms with E-state index in [4.69, 9.17) is 27.9 Å². The minimum atomic E-state index is -0.745. The average molecular weight is 359 g/mol. The van der Waals surface area contributed by atoms with Gasteiger partial charge < -0.3 is 20.1 Å². The normalized spacial score (nSPS) is 32.1. The summed E-state index contributed by atoms with van der Waals surface area (Å²) in [6.07, 6.45) is -0.200. The molecule has 3 rings (SSSR count). The van der Waals surface area contributed by atoms with Crippen molar-refractivity contribution in [1.82, 2.24) is 10.2 Å². The molecule has 0 bridgehead atoms. The molecule has 1 aromatic rings. The van der Waals surface area contributed by atoms with Gasteiger partial charge >= 0.3 is 5.97 Å². The van der Waals surface area contributed by atoms with Gasteiger partial charge in [0.25, 0.3) is 0 Å². The fourth-order valence-corrected chi connectivity index (χ4v) is 3.96. The molecule has 0 aliphatic carbocycles. The van der Waals surface area contributed by atoms with Crippen molar-refractivity contribution in [2.45, 2.75) is 12.1 Å². The van der Waals surface area contributed by atoms with Gasteiger partial charge in [0.15, 0.2) is 0 Å². The molecule has 23 heavy (non-hydrogen) atoms. The molecule has 2 aliphatic heterocycles. The second-order valence-electron chi connectivity index (χ2n) is 6.21. The van der Waals surface area contributed by atoms with E-state index in [0.717, 1.165) is 12.1 Å². The number of carbonyl (C=O) groups is 1. The van der Waals surface area contributed by atoms with Crippen molar-refractivity contribution in [3.8, 4) is 0 Å². The molecule has 1 aromatic carbocycles. The van der Waals surface area contributed by atoms with E-state index in [1.165, 1.54) is 0 Å². The number of benzene rings is 1. The smallest absolute Gasteiger partial charge is 0.309 e. The number of nitrogens with zero attached hydrogens (tertiary/aromatic N) is 1. The predicted octanol–water partition coefficient (Wildman–Crippen LogP) is 2.29. The van der Waals surface area contributed by atoms with E-state index in [9.17, 15) is 9.90 Å². The molecule has 7 heteroatoms. The molecule has 0 amide bonds. The van der Waals surface area contributed by atoms with Gasteiger partial charge in [-0.05, 0) is 24.7 Å². The van der Waals surface area contributed by atoms with Crippen molar-refractivity contribution in [2.24, 2.45) is 11.8 Å². The maximum Gasteiger partial charge on any atom is 0.309 e. The average Bonchev–Trinajstić information content (AvgIpc) is 2.73. The van der Waals surface area contributed by atoms with E-state index in [0.29, 0.717) is 29.7 Å². The highest BCUT2D eigenvalue weighted by Gasteiger charge is 2.48. The summed E-state index contributed by atoms with van der Waals surface area (Å²) < 4.78 is 6.05. The Labute approximate surface area is 145 Å². The molecular formula is C16H20Cl2N2O3. The summed E-state index contributed by atoms with van der Waals surface area (Å²) in [6, 6.07) is 5.43. The van der Waals surface area contributed by atoms with E-state index in [1.807, 2.05) is 19.2 Å². The zero-order valence-corrected chi connectivity index (χ0v) is 14.3. The lowest BCUT2D eigenvalue weighted by Crippen LogP contribution is -2.62.